The Bertz CT molecular complexity index is 2940. The number of rotatable bonds is 14. The average molecular weight is 941 g/mol. The van der Waals surface area contributed by atoms with Gasteiger partial charge in [0.2, 0.25) is 0 Å². The highest BCUT2D eigenvalue weighted by Gasteiger charge is 2.39. The number of nitrogens with zero attached hydrogens (tertiary/aromatic N) is 4. The van der Waals surface area contributed by atoms with E-state index in [1.54, 1.807) is 52.4 Å². The number of methoxy groups -OCH3 is 2. The number of carbonyl (C=O) groups excluding carboxylic acids is 5. The van der Waals surface area contributed by atoms with E-state index in [1.165, 1.54) is 14.2 Å². The fourth-order valence-corrected chi connectivity index (χ4v) is 9.20. The summed E-state index contributed by atoms with van der Waals surface area (Å²) in [7, 11) is 2.52. The summed E-state index contributed by atoms with van der Waals surface area (Å²) in [4.78, 5) is 86.8. The molecule has 70 heavy (non-hydrogen) atoms. The number of ether oxygens (including phenoxy) is 3. The zero-order chi connectivity index (χ0) is 48.6. The van der Waals surface area contributed by atoms with Gasteiger partial charge < -0.3 is 44.6 Å². The molecule has 0 spiro atoms. The lowest BCUT2D eigenvalue weighted by Gasteiger charge is -2.28. The Kier molecular flexibility index (Phi) is 14.1. The van der Waals surface area contributed by atoms with Gasteiger partial charge in [-0.1, -0.05) is 140 Å². The fraction of sp³-hybridized carbons (Fsp3) is 0.241. The van der Waals surface area contributed by atoms with Gasteiger partial charge in [-0.25, -0.2) is 24.4 Å². The number of nitrogens with one attached hydrogen (secondary N) is 4. The Morgan fingerprint density at radius 2 is 1.07 bits per heavy atom. The van der Waals surface area contributed by atoms with E-state index in [0.29, 0.717) is 66.4 Å². The summed E-state index contributed by atoms with van der Waals surface area (Å²) in [5.41, 5.74) is 6.90. The highest BCUT2D eigenvalue weighted by molar-refractivity contribution is 5.95. The first-order chi connectivity index (χ1) is 34.2. The van der Waals surface area contributed by atoms with Gasteiger partial charge in [0.25, 0.3) is 11.8 Å². The van der Waals surface area contributed by atoms with Gasteiger partial charge in [0.15, 0.2) is 5.69 Å². The minimum Gasteiger partial charge on any atom is -0.456 e. The molecule has 2 saturated heterocycles. The summed E-state index contributed by atoms with van der Waals surface area (Å²) in [6.45, 7) is 0.988. The number of carbonyl (C=O) groups is 5. The highest BCUT2D eigenvalue weighted by atomic mass is 16.5. The molecule has 16 nitrogen and oxygen atoms in total. The molecule has 2 aliphatic rings. The van der Waals surface area contributed by atoms with Crippen LogP contribution in [-0.2, 0) is 30.4 Å². The Labute approximate surface area is 404 Å². The van der Waals surface area contributed by atoms with E-state index < -0.39 is 36.3 Å². The summed E-state index contributed by atoms with van der Waals surface area (Å²) >= 11 is 0. The van der Waals surface area contributed by atoms with Crippen molar-refractivity contribution in [1.29, 1.82) is 0 Å². The number of amides is 4. The lowest BCUT2D eigenvalue weighted by Crippen LogP contribution is -2.42. The van der Waals surface area contributed by atoms with Crippen molar-refractivity contribution in [2.24, 2.45) is 0 Å². The molecule has 4 heterocycles. The van der Waals surface area contributed by atoms with Gasteiger partial charge >= 0.3 is 18.2 Å². The molecule has 0 saturated carbocycles. The van der Waals surface area contributed by atoms with Gasteiger partial charge in [-0.2, -0.15) is 0 Å². The molecule has 0 aliphatic carbocycles. The number of esters is 1. The standard InChI is InChI=1S/C54H52N8O8/c1-68-53(66)59-45(38-16-8-4-9-17-38)50(63)61-30-12-20-42(61)48-55-32-41(56-48)37-26-22-35(23-27-37)36-24-28-40(29-25-36)44-47(52(65)70-33-34-14-6-3-7-15-34)58-49(57-44)43-21-13-31-62(43)51(64)46(60-54(67)69-2)39-18-10-5-11-19-39/h3-11,14-19,22-29,32,42-43,45-46H,12-13,20-21,30-31,33H2,1-2H3,(H,55,56)(H,57,58)(H,59,66)(H,60,67)/t42-,43?,45+,46+/m0/s1. The van der Waals surface area contributed by atoms with Crippen LogP contribution in [0.15, 0.2) is 146 Å². The fourth-order valence-electron chi connectivity index (χ4n) is 9.20. The first-order valence-corrected chi connectivity index (χ1v) is 23.2. The Morgan fingerprint density at radius 1 is 0.600 bits per heavy atom. The van der Waals surface area contributed by atoms with Crippen LogP contribution in [0.4, 0.5) is 9.59 Å². The van der Waals surface area contributed by atoms with Gasteiger partial charge in [0, 0.05) is 18.7 Å². The SMILES string of the molecule is COC(=O)N[C@@H](C(=O)N1CCCC1c1nc(C(=O)OCc2ccccc2)c(-c2ccc(-c3ccc(-c4cnc([C@@H]5CCCN5C(=O)[C@H](NC(=O)OC)c5ccccc5)[nH]4)cc3)cc2)[nH]1)c1ccccc1. The first-order valence-electron chi connectivity index (χ1n) is 23.2. The molecule has 2 fully saturated rings. The number of aromatic amines is 2. The van der Waals surface area contributed by atoms with Crippen LogP contribution in [0.3, 0.4) is 0 Å². The lowest BCUT2D eigenvalue weighted by molar-refractivity contribution is -0.135. The second-order valence-electron chi connectivity index (χ2n) is 17.1. The summed E-state index contributed by atoms with van der Waals surface area (Å²) in [5, 5.41) is 5.41. The maximum absolute atomic E-state index is 14.3. The van der Waals surface area contributed by atoms with Crippen LogP contribution in [0.25, 0.3) is 33.6 Å². The summed E-state index contributed by atoms with van der Waals surface area (Å²) in [5.74, 6) is -0.0964. The molecule has 2 aliphatic heterocycles. The van der Waals surface area contributed by atoms with Gasteiger partial charge in [0.1, 0.15) is 30.3 Å². The molecule has 0 radical (unpaired) electrons. The smallest absolute Gasteiger partial charge is 0.407 e. The van der Waals surface area contributed by atoms with Crippen molar-refractivity contribution < 1.29 is 38.2 Å². The third-order valence-electron chi connectivity index (χ3n) is 12.8. The molecule has 4 amide bonds. The molecule has 7 aromatic rings. The van der Waals surface area contributed by atoms with Crippen LogP contribution in [-0.4, -0.2) is 87.0 Å². The molecular formula is C54H52N8O8. The van der Waals surface area contributed by atoms with E-state index in [9.17, 15) is 24.0 Å². The molecular weight excluding hydrogens is 889 g/mol. The van der Waals surface area contributed by atoms with Crippen LogP contribution in [0.5, 0.6) is 0 Å². The van der Waals surface area contributed by atoms with E-state index in [1.807, 2.05) is 103 Å². The van der Waals surface area contributed by atoms with Crippen molar-refractivity contribution in [1.82, 2.24) is 40.4 Å². The van der Waals surface area contributed by atoms with Gasteiger partial charge in [-0.15, -0.1) is 0 Å². The summed E-state index contributed by atoms with van der Waals surface area (Å²) in [6, 6.07) is 40.6. The maximum Gasteiger partial charge on any atom is 0.407 e. The highest BCUT2D eigenvalue weighted by Crippen LogP contribution is 2.37. The monoisotopic (exact) mass is 940 g/mol. The van der Waals surface area contributed by atoms with E-state index in [0.717, 1.165) is 34.4 Å². The number of likely N-dealkylation sites (tertiary alicyclic amines) is 2. The quantitative estimate of drug-likeness (QED) is 0.0602. The van der Waals surface area contributed by atoms with Crippen molar-refractivity contribution in [3.8, 4) is 33.6 Å². The molecule has 356 valence electrons. The van der Waals surface area contributed by atoms with Crippen LogP contribution < -0.4 is 10.6 Å². The minimum absolute atomic E-state index is 0.0478. The largest absolute Gasteiger partial charge is 0.456 e. The maximum atomic E-state index is 14.3. The molecule has 5 aromatic carbocycles. The van der Waals surface area contributed by atoms with Gasteiger partial charge in [-0.05, 0) is 59.1 Å². The summed E-state index contributed by atoms with van der Waals surface area (Å²) in [6.07, 6.45) is 3.11. The minimum atomic E-state index is -1.00. The Balaban J connectivity index is 0.938. The topological polar surface area (TPSA) is 201 Å². The predicted molar refractivity (Wildman–Crippen MR) is 259 cm³/mol. The first kappa shape index (κ1) is 46.6. The Hall–Kier alpha value is -8.53. The normalized spacial score (nSPS) is 16.3. The second-order valence-corrected chi connectivity index (χ2v) is 17.1. The van der Waals surface area contributed by atoms with E-state index in [-0.39, 0.29) is 30.2 Å². The van der Waals surface area contributed by atoms with E-state index in [2.05, 4.69) is 20.6 Å². The van der Waals surface area contributed by atoms with E-state index >= 15 is 0 Å². The van der Waals surface area contributed by atoms with Gasteiger partial charge in [-0.3, -0.25) is 9.59 Å². The number of hydrogen-bond acceptors (Lipinski definition) is 10. The van der Waals surface area contributed by atoms with Crippen molar-refractivity contribution in [3.05, 3.63) is 180 Å². The third-order valence-corrected chi connectivity index (χ3v) is 12.8. The number of hydrogen-bond donors (Lipinski definition) is 4. The summed E-state index contributed by atoms with van der Waals surface area (Å²) < 4.78 is 15.5. The number of imidazole rings is 2. The average Bonchev–Trinajstić information content (AvgIpc) is 4.27. The second kappa shape index (κ2) is 21.2. The van der Waals surface area contributed by atoms with Crippen molar-refractivity contribution in [2.45, 2.75) is 56.5 Å². The Morgan fingerprint density at radius 3 is 1.59 bits per heavy atom. The van der Waals surface area contributed by atoms with Crippen LogP contribution >= 0.6 is 0 Å². The van der Waals surface area contributed by atoms with Crippen LogP contribution in [0.2, 0.25) is 0 Å². The number of aromatic nitrogens is 4. The third kappa shape index (κ3) is 10.2. The van der Waals surface area contributed by atoms with Crippen LogP contribution in [0, 0.1) is 0 Å². The molecule has 9 rings (SSSR count). The van der Waals surface area contributed by atoms with E-state index in [4.69, 9.17) is 24.2 Å². The number of H-pyrrole nitrogens is 2. The molecule has 2 aromatic heterocycles. The van der Waals surface area contributed by atoms with Crippen molar-refractivity contribution >= 4 is 30.0 Å². The molecule has 4 N–H and O–H groups in total. The zero-order valence-corrected chi connectivity index (χ0v) is 38.7. The number of alkyl carbamates (subject to hydrolysis) is 2. The van der Waals surface area contributed by atoms with Crippen molar-refractivity contribution in [2.75, 3.05) is 27.3 Å². The molecule has 4 atom stereocenters. The predicted octanol–water partition coefficient (Wildman–Crippen LogP) is 9.01. The zero-order valence-electron chi connectivity index (χ0n) is 38.7. The molecule has 0 bridgehead atoms. The van der Waals surface area contributed by atoms with Crippen molar-refractivity contribution in [3.63, 3.8) is 0 Å². The molecule has 16 heteroatoms. The lowest BCUT2D eigenvalue weighted by atomic mass is 10.0. The van der Waals surface area contributed by atoms with Gasteiger partial charge in [0.05, 0.1) is 43.9 Å². The van der Waals surface area contributed by atoms with Crippen LogP contribution in [0.1, 0.15) is 88.7 Å². The number of benzene rings is 5. The molecule has 1 unspecified atom stereocenters.